The van der Waals surface area contributed by atoms with E-state index in [1.54, 1.807) is 42.5 Å². The SMILES string of the molecule is COc1cc(OC)cc(C(=O)C=Cc2cc(-c3ccc(OC)cc3F)n[nH]2)c1. The van der Waals surface area contributed by atoms with Gasteiger partial charge in [0.05, 0.1) is 32.7 Å². The van der Waals surface area contributed by atoms with E-state index in [4.69, 9.17) is 14.2 Å². The summed E-state index contributed by atoms with van der Waals surface area (Å²) in [6.07, 6.45) is 2.97. The van der Waals surface area contributed by atoms with Gasteiger partial charge in [0.2, 0.25) is 0 Å². The fourth-order valence-corrected chi connectivity index (χ4v) is 2.60. The lowest BCUT2D eigenvalue weighted by molar-refractivity contribution is 0.104. The van der Waals surface area contributed by atoms with Crippen LogP contribution in [0.3, 0.4) is 0 Å². The molecule has 0 amide bonds. The van der Waals surface area contributed by atoms with Gasteiger partial charge in [-0.2, -0.15) is 5.10 Å². The Balaban J connectivity index is 1.80. The third-order valence-corrected chi connectivity index (χ3v) is 4.10. The van der Waals surface area contributed by atoms with Crippen molar-refractivity contribution in [2.75, 3.05) is 21.3 Å². The lowest BCUT2D eigenvalue weighted by Gasteiger charge is -2.06. The van der Waals surface area contributed by atoms with Crippen molar-refractivity contribution in [2.24, 2.45) is 0 Å². The zero-order valence-electron chi connectivity index (χ0n) is 15.7. The molecule has 0 aliphatic heterocycles. The van der Waals surface area contributed by atoms with Gasteiger partial charge in [-0.25, -0.2) is 4.39 Å². The molecule has 0 aliphatic carbocycles. The predicted molar refractivity (Wildman–Crippen MR) is 103 cm³/mol. The number of benzene rings is 2. The number of halogens is 1. The maximum atomic E-state index is 14.2. The van der Waals surface area contributed by atoms with Crippen molar-refractivity contribution in [1.29, 1.82) is 0 Å². The second-order valence-corrected chi connectivity index (χ2v) is 5.85. The Kier molecular flexibility index (Phi) is 5.74. The molecule has 0 spiro atoms. The Labute approximate surface area is 161 Å². The van der Waals surface area contributed by atoms with Crippen molar-refractivity contribution in [3.63, 3.8) is 0 Å². The summed E-state index contributed by atoms with van der Waals surface area (Å²) in [6, 6.07) is 11.1. The number of hydrogen-bond acceptors (Lipinski definition) is 5. The largest absolute Gasteiger partial charge is 0.497 e. The van der Waals surface area contributed by atoms with Gasteiger partial charge in [0.1, 0.15) is 23.1 Å². The first-order valence-electron chi connectivity index (χ1n) is 8.39. The highest BCUT2D eigenvalue weighted by atomic mass is 19.1. The lowest BCUT2D eigenvalue weighted by Crippen LogP contribution is -1.97. The number of carbonyl (C=O) groups excluding carboxylic acids is 1. The fraction of sp³-hybridized carbons (Fsp3) is 0.143. The molecular formula is C21H19FN2O4. The van der Waals surface area contributed by atoms with E-state index in [0.29, 0.717) is 39.8 Å². The molecule has 0 unspecified atom stereocenters. The number of hydrogen-bond donors (Lipinski definition) is 1. The van der Waals surface area contributed by atoms with Crippen molar-refractivity contribution in [1.82, 2.24) is 10.2 Å². The van der Waals surface area contributed by atoms with Crippen LogP contribution in [-0.4, -0.2) is 37.3 Å². The number of H-pyrrole nitrogens is 1. The van der Waals surface area contributed by atoms with Gasteiger partial charge in [0, 0.05) is 23.3 Å². The van der Waals surface area contributed by atoms with Crippen molar-refractivity contribution in [2.45, 2.75) is 0 Å². The molecule has 0 saturated heterocycles. The molecule has 144 valence electrons. The molecule has 6 nitrogen and oxygen atoms in total. The number of aromatic amines is 1. The second-order valence-electron chi connectivity index (χ2n) is 5.85. The van der Waals surface area contributed by atoms with Crippen LogP contribution in [0.4, 0.5) is 4.39 Å². The van der Waals surface area contributed by atoms with E-state index in [0.717, 1.165) is 0 Å². The van der Waals surface area contributed by atoms with Crippen LogP contribution < -0.4 is 14.2 Å². The molecule has 7 heteroatoms. The highest BCUT2D eigenvalue weighted by Crippen LogP contribution is 2.26. The zero-order chi connectivity index (χ0) is 20.1. The first-order chi connectivity index (χ1) is 13.5. The van der Waals surface area contributed by atoms with E-state index in [9.17, 15) is 9.18 Å². The number of aromatic nitrogens is 2. The normalized spacial score (nSPS) is 10.9. The number of methoxy groups -OCH3 is 3. The van der Waals surface area contributed by atoms with E-state index in [1.807, 2.05) is 0 Å². The summed E-state index contributed by atoms with van der Waals surface area (Å²) in [5.74, 6) is 0.797. The Morgan fingerprint density at radius 3 is 2.25 bits per heavy atom. The number of nitrogens with one attached hydrogen (secondary N) is 1. The zero-order valence-corrected chi connectivity index (χ0v) is 15.7. The van der Waals surface area contributed by atoms with Crippen molar-refractivity contribution in [3.8, 4) is 28.5 Å². The molecule has 0 aliphatic rings. The molecule has 0 bridgehead atoms. The summed E-state index contributed by atoms with van der Waals surface area (Å²) in [4.78, 5) is 12.4. The van der Waals surface area contributed by atoms with Gasteiger partial charge in [-0.1, -0.05) is 0 Å². The summed E-state index contributed by atoms with van der Waals surface area (Å²) in [5.41, 5.74) is 1.75. The number of ketones is 1. The third kappa shape index (κ3) is 4.20. The average molecular weight is 382 g/mol. The molecule has 0 atom stereocenters. The number of ether oxygens (including phenoxy) is 3. The molecule has 3 rings (SSSR count). The summed E-state index contributed by atoms with van der Waals surface area (Å²) in [7, 11) is 4.51. The topological polar surface area (TPSA) is 73.4 Å². The van der Waals surface area contributed by atoms with E-state index < -0.39 is 5.82 Å². The standard InChI is InChI=1S/C21H19FN2O4/c1-26-15-5-6-18(19(22)12-15)20-10-14(23-24-20)4-7-21(25)13-8-16(27-2)11-17(9-13)28-3/h4-12H,1-3H3,(H,23,24). The summed E-state index contributed by atoms with van der Waals surface area (Å²) < 4.78 is 29.5. The first kappa shape index (κ1) is 19.2. The summed E-state index contributed by atoms with van der Waals surface area (Å²) in [6.45, 7) is 0. The molecule has 1 heterocycles. The van der Waals surface area contributed by atoms with Crippen molar-refractivity contribution >= 4 is 11.9 Å². The number of carbonyl (C=O) groups is 1. The quantitative estimate of drug-likeness (QED) is 0.491. The molecule has 1 N–H and O–H groups in total. The minimum absolute atomic E-state index is 0.232. The third-order valence-electron chi connectivity index (χ3n) is 4.10. The average Bonchev–Trinajstić information content (AvgIpc) is 3.19. The molecule has 28 heavy (non-hydrogen) atoms. The van der Waals surface area contributed by atoms with E-state index in [2.05, 4.69) is 10.2 Å². The van der Waals surface area contributed by atoms with Gasteiger partial charge in [0.25, 0.3) is 0 Å². The van der Waals surface area contributed by atoms with Crippen LogP contribution in [0.15, 0.2) is 48.5 Å². The number of allylic oxidation sites excluding steroid dienone is 1. The molecule has 0 fully saturated rings. The molecule has 0 radical (unpaired) electrons. The van der Waals surface area contributed by atoms with Gasteiger partial charge in [-0.05, 0) is 42.5 Å². The minimum Gasteiger partial charge on any atom is -0.497 e. The Hall–Kier alpha value is -3.61. The molecule has 2 aromatic carbocycles. The highest BCUT2D eigenvalue weighted by Gasteiger charge is 2.11. The Morgan fingerprint density at radius 1 is 0.964 bits per heavy atom. The maximum Gasteiger partial charge on any atom is 0.186 e. The van der Waals surface area contributed by atoms with Crippen LogP contribution >= 0.6 is 0 Å². The van der Waals surface area contributed by atoms with Gasteiger partial charge in [-0.15, -0.1) is 0 Å². The van der Waals surface area contributed by atoms with E-state index >= 15 is 0 Å². The van der Waals surface area contributed by atoms with Crippen molar-refractivity contribution < 1.29 is 23.4 Å². The van der Waals surface area contributed by atoms with Gasteiger partial charge >= 0.3 is 0 Å². The van der Waals surface area contributed by atoms with Crippen LogP contribution in [0.1, 0.15) is 16.1 Å². The van der Waals surface area contributed by atoms with Crippen molar-refractivity contribution in [3.05, 3.63) is 65.6 Å². The van der Waals surface area contributed by atoms with Crippen LogP contribution in [0.25, 0.3) is 17.3 Å². The van der Waals surface area contributed by atoms with E-state index in [1.165, 1.54) is 33.5 Å². The minimum atomic E-state index is -0.444. The van der Waals surface area contributed by atoms with Crippen LogP contribution in [0.2, 0.25) is 0 Å². The van der Waals surface area contributed by atoms with Crippen LogP contribution in [0.5, 0.6) is 17.2 Å². The molecule has 1 aromatic heterocycles. The van der Waals surface area contributed by atoms with E-state index in [-0.39, 0.29) is 5.78 Å². The number of nitrogens with zero attached hydrogens (tertiary/aromatic N) is 1. The second kappa shape index (κ2) is 8.39. The molecular weight excluding hydrogens is 363 g/mol. The van der Waals surface area contributed by atoms with Gasteiger partial charge < -0.3 is 14.2 Å². The Morgan fingerprint density at radius 2 is 1.64 bits per heavy atom. The number of rotatable bonds is 7. The van der Waals surface area contributed by atoms with Gasteiger partial charge in [-0.3, -0.25) is 9.89 Å². The summed E-state index contributed by atoms with van der Waals surface area (Å²) in [5, 5.41) is 6.88. The lowest BCUT2D eigenvalue weighted by atomic mass is 10.1. The maximum absolute atomic E-state index is 14.2. The monoisotopic (exact) mass is 382 g/mol. The smallest absolute Gasteiger partial charge is 0.186 e. The predicted octanol–water partition coefficient (Wildman–Crippen LogP) is 4.14. The first-order valence-corrected chi connectivity index (χ1v) is 8.39. The Bertz CT molecular complexity index is 1000. The fourth-order valence-electron chi connectivity index (χ4n) is 2.60. The van der Waals surface area contributed by atoms with Crippen LogP contribution in [-0.2, 0) is 0 Å². The molecule has 0 saturated carbocycles. The van der Waals surface area contributed by atoms with Crippen LogP contribution in [0, 0.1) is 5.82 Å². The van der Waals surface area contributed by atoms with Gasteiger partial charge in [0.15, 0.2) is 5.78 Å². The summed E-state index contributed by atoms with van der Waals surface area (Å²) >= 11 is 0. The highest BCUT2D eigenvalue weighted by molar-refractivity contribution is 6.07. The molecule has 3 aromatic rings.